The van der Waals surface area contributed by atoms with Crippen LogP contribution in [-0.2, 0) is 6.42 Å². The molecule has 1 heterocycles. The van der Waals surface area contributed by atoms with Crippen molar-refractivity contribution in [1.29, 1.82) is 0 Å². The van der Waals surface area contributed by atoms with Gasteiger partial charge < -0.3 is 10.7 Å². The molecule has 4 heteroatoms. The Bertz CT molecular complexity index is 520. The van der Waals surface area contributed by atoms with Crippen LogP contribution in [0.25, 0.3) is 11.3 Å². The van der Waals surface area contributed by atoms with Crippen molar-refractivity contribution >= 4 is 0 Å². The third kappa shape index (κ3) is 2.96. The molecule has 0 saturated heterocycles. The summed E-state index contributed by atoms with van der Waals surface area (Å²) >= 11 is 0. The maximum Gasteiger partial charge on any atom is 0.126 e. The van der Waals surface area contributed by atoms with Crippen LogP contribution in [0, 0.1) is 12.7 Å². The molecule has 0 bridgehead atoms. The maximum absolute atomic E-state index is 13.5. The Morgan fingerprint density at radius 3 is 2.89 bits per heavy atom. The summed E-state index contributed by atoms with van der Waals surface area (Å²) in [5.41, 5.74) is 7.79. The molecule has 0 atom stereocenters. The highest BCUT2D eigenvalue weighted by Crippen LogP contribution is 2.20. The average molecular weight is 247 g/mol. The molecular formula is C14H18FN3. The number of unbranched alkanes of at least 4 members (excludes halogenated alkanes) is 1. The van der Waals surface area contributed by atoms with Gasteiger partial charge in [0.15, 0.2) is 0 Å². The first-order valence-corrected chi connectivity index (χ1v) is 6.21. The molecule has 0 fully saturated rings. The molecule has 3 nitrogen and oxygen atoms in total. The highest BCUT2D eigenvalue weighted by Gasteiger charge is 2.05. The molecule has 0 aliphatic carbocycles. The number of nitrogens with one attached hydrogen (secondary N) is 1. The maximum atomic E-state index is 13.5. The van der Waals surface area contributed by atoms with Crippen LogP contribution in [0.15, 0.2) is 24.4 Å². The van der Waals surface area contributed by atoms with Gasteiger partial charge >= 0.3 is 0 Å². The van der Waals surface area contributed by atoms with Crippen LogP contribution < -0.4 is 5.73 Å². The number of rotatable bonds is 5. The smallest absolute Gasteiger partial charge is 0.126 e. The number of aromatic nitrogens is 2. The number of aromatic amines is 1. The molecule has 2 rings (SSSR count). The molecule has 1 aromatic carbocycles. The van der Waals surface area contributed by atoms with Crippen molar-refractivity contribution in [3.8, 4) is 11.3 Å². The molecule has 0 saturated carbocycles. The Morgan fingerprint density at radius 2 is 2.17 bits per heavy atom. The van der Waals surface area contributed by atoms with Gasteiger partial charge in [-0.3, -0.25) is 0 Å². The van der Waals surface area contributed by atoms with Gasteiger partial charge in [0, 0.05) is 12.0 Å². The van der Waals surface area contributed by atoms with Crippen LogP contribution in [0.2, 0.25) is 0 Å². The van der Waals surface area contributed by atoms with E-state index >= 15 is 0 Å². The largest absolute Gasteiger partial charge is 0.342 e. The Kier molecular flexibility index (Phi) is 4.10. The van der Waals surface area contributed by atoms with E-state index in [1.54, 1.807) is 19.2 Å². The Labute approximate surface area is 106 Å². The Hall–Kier alpha value is -1.68. The molecule has 0 aliphatic rings. The minimum Gasteiger partial charge on any atom is -0.342 e. The lowest BCUT2D eigenvalue weighted by Gasteiger charge is -2.00. The van der Waals surface area contributed by atoms with Crippen LogP contribution in [0.3, 0.4) is 0 Å². The minimum atomic E-state index is -0.188. The standard InChI is InChI=1S/C14H18FN3/c1-10-5-6-11(8-12(10)15)13-9-17-14(18-13)4-2-3-7-16/h5-6,8-9H,2-4,7,16H2,1H3,(H,17,18). The minimum absolute atomic E-state index is 0.188. The van der Waals surface area contributed by atoms with E-state index in [0.29, 0.717) is 12.1 Å². The molecule has 1 aromatic heterocycles. The molecule has 96 valence electrons. The van der Waals surface area contributed by atoms with Gasteiger partial charge in [-0.15, -0.1) is 0 Å². The molecule has 0 spiro atoms. The predicted octanol–water partition coefficient (Wildman–Crippen LogP) is 2.81. The fourth-order valence-electron chi connectivity index (χ4n) is 1.83. The zero-order chi connectivity index (χ0) is 13.0. The van der Waals surface area contributed by atoms with E-state index in [4.69, 9.17) is 5.73 Å². The van der Waals surface area contributed by atoms with Gasteiger partial charge in [-0.1, -0.05) is 12.1 Å². The lowest BCUT2D eigenvalue weighted by molar-refractivity contribution is 0.619. The number of benzene rings is 1. The summed E-state index contributed by atoms with van der Waals surface area (Å²) in [5, 5.41) is 0. The van der Waals surface area contributed by atoms with Crippen LogP contribution in [0.1, 0.15) is 24.2 Å². The second-order valence-electron chi connectivity index (χ2n) is 4.45. The number of hydrogen-bond donors (Lipinski definition) is 2. The van der Waals surface area contributed by atoms with Crippen molar-refractivity contribution < 1.29 is 4.39 Å². The van der Waals surface area contributed by atoms with Crippen molar-refractivity contribution in [3.63, 3.8) is 0 Å². The van der Waals surface area contributed by atoms with Crippen molar-refractivity contribution in [3.05, 3.63) is 41.6 Å². The van der Waals surface area contributed by atoms with Gasteiger partial charge in [0.1, 0.15) is 11.6 Å². The molecule has 0 radical (unpaired) electrons. The second-order valence-corrected chi connectivity index (χ2v) is 4.45. The van der Waals surface area contributed by atoms with Crippen LogP contribution in [-0.4, -0.2) is 16.5 Å². The van der Waals surface area contributed by atoms with Crippen molar-refractivity contribution in [2.24, 2.45) is 5.73 Å². The van der Waals surface area contributed by atoms with Gasteiger partial charge in [0.05, 0.1) is 11.9 Å². The topological polar surface area (TPSA) is 54.7 Å². The molecule has 0 unspecified atom stereocenters. The monoisotopic (exact) mass is 247 g/mol. The van der Waals surface area contributed by atoms with E-state index in [1.165, 1.54) is 6.07 Å². The van der Waals surface area contributed by atoms with Gasteiger partial charge in [-0.25, -0.2) is 9.37 Å². The van der Waals surface area contributed by atoms with E-state index in [-0.39, 0.29) is 5.82 Å². The highest BCUT2D eigenvalue weighted by molar-refractivity contribution is 5.59. The summed E-state index contributed by atoms with van der Waals surface area (Å²) in [4.78, 5) is 7.51. The number of nitrogens with two attached hydrogens (primary N) is 1. The third-order valence-corrected chi connectivity index (χ3v) is 2.98. The van der Waals surface area contributed by atoms with Gasteiger partial charge in [0.25, 0.3) is 0 Å². The van der Waals surface area contributed by atoms with Crippen LogP contribution in [0.5, 0.6) is 0 Å². The molecule has 0 amide bonds. The summed E-state index contributed by atoms with van der Waals surface area (Å²) in [6.45, 7) is 2.46. The number of H-pyrrole nitrogens is 1. The van der Waals surface area contributed by atoms with E-state index < -0.39 is 0 Å². The van der Waals surface area contributed by atoms with Crippen LogP contribution >= 0.6 is 0 Å². The van der Waals surface area contributed by atoms with E-state index in [9.17, 15) is 4.39 Å². The van der Waals surface area contributed by atoms with Gasteiger partial charge in [0.2, 0.25) is 0 Å². The summed E-state index contributed by atoms with van der Waals surface area (Å²) < 4.78 is 13.5. The first kappa shape index (κ1) is 12.8. The van der Waals surface area contributed by atoms with Crippen LogP contribution in [0.4, 0.5) is 4.39 Å². The Balaban J connectivity index is 2.11. The summed E-state index contributed by atoms with van der Waals surface area (Å²) in [7, 11) is 0. The number of hydrogen-bond acceptors (Lipinski definition) is 2. The predicted molar refractivity (Wildman–Crippen MR) is 70.7 cm³/mol. The number of nitrogens with zero attached hydrogens (tertiary/aromatic N) is 1. The average Bonchev–Trinajstić information content (AvgIpc) is 2.82. The number of imidazole rings is 1. The molecule has 2 aromatic rings. The zero-order valence-corrected chi connectivity index (χ0v) is 10.5. The number of aryl methyl sites for hydroxylation is 2. The normalized spacial score (nSPS) is 10.8. The van der Waals surface area contributed by atoms with Gasteiger partial charge in [-0.05, 0) is 37.9 Å². The SMILES string of the molecule is Cc1ccc(-c2cnc(CCCCN)[nH]2)cc1F. The van der Waals surface area contributed by atoms with Crippen molar-refractivity contribution in [1.82, 2.24) is 9.97 Å². The van der Waals surface area contributed by atoms with E-state index in [2.05, 4.69) is 9.97 Å². The Morgan fingerprint density at radius 1 is 1.33 bits per heavy atom. The highest BCUT2D eigenvalue weighted by atomic mass is 19.1. The van der Waals surface area contributed by atoms with Crippen molar-refractivity contribution in [2.45, 2.75) is 26.2 Å². The summed E-state index contributed by atoms with van der Waals surface area (Å²) in [6, 6.07) is 5.21. The zero-order valence-electron chi connectivity index (χ0n) is 10.5. The van der Waals surface area contributed by atoms with Crippen molar-refractivity contribution in [2.75, 3.05) is 6.54 Å². The quantitative estimate of drug-likeness (QED) is 0.798. The number of halogens is 1. The second kappa shape index (κ2) is 5.78. The third-order valence-electron chi connectivity index (χ3n) is 2.98. The lowest BCUT2D eigenvalue weighted by Crippen LogP contribution is -1.99. The molecule has 3 N–H and O–H groups in total. The fraction of sp³-hybridized carbons (Fsp3) is 0.357. The van der Waals surface area contributed by atoms with Gasteiger partial charge in [-0.2, -0.15) is 0 Å². The first-order valence-electron chi connectivity index (χ1n) is 6.21. The fourth-order valence-corrected chi connectivity index (χ4v) is 1.83. The molecular weight excluding hydrogens is 229 g/mol. The summed E-state index contributed by atoms with van der Waals surface area (Å²) in [5.74, 6) is 0.742. The first-order chi connectivity index (χ1) is 8.70. The lowest BCUT2D eigenvalue weighted by atomic mass is 10.1. The van der Waals surface area contributed by atoms with E-state index in [0.717, 1.165) is 36.3 Å². The summed E-state index contributed by atoms with van der Waals surface area (Å²) in [6.07, 6.45) is 4.65. The molecule has 0 aliphatic heterocycles. The van der Waals surface area contributed by atoms with E-state index in [1.807, 2.05) is 6.07 Å². The molecule has 18 heavy (non-hydrogen) atoms.